The van der Waals surface area contributed by atoms with Gasteiger partial charge >= 0.3 is 5.97 Å². The minimum atomic E-state index is -0.545. The molecule has 1 aromatic carbocycles. The smallest absolute Gasteiger partial charge is 0.340 e. The van der Waals surface area contributed by atoms with Crippen LogP contribution in [-0.4, -0.2) is 42.6 Å². The fourth-order valence-electron chi connectivity index (χ4n) is 2.67. The average Bonchev–Trinajstić information content (AvgIpc) is 2.80. The van der Waals surface area contributed by atoms with Gasteiger partial charge < -0.3 is 19.5 Å². The number of hydrogen-bond acceptors (Lipinski definition) is 5. The molecule has 0 spiro atoms. The van der Waals surface area contributed by atoms with E-state index in [1.807, 2.05) is 6.92 Å². The Morgan fingerprint density at radius 3 is 2.62 bits per heavy atom. The molecule has 0 saturated carbocycles. The molecule has 0 unspecified atom stereocenters. The number of methoxy groups -OCH3 is 2. The fraction of sp³-hybridized carbons (Fsp3) is 0.333. The van der Waals surface area contributed by atoms with Crippen LogP contribution in [0.1, 0.15) is 25.8 Å². The van der Waals surface area contributed by atoms with Gasteiger partial charge in [0, 0.05) is 12.2 Å². The predicted molar refractivity (Wildman–Crippen MR) is 89.4 cm³/mol. The molecule has 1 N–H and O–H groups in total. The molecule has 1 amide bonds. The number of amides is 1. The van der Waals surface area contributed by atoms with Crippen molar-refractivity contribution in [2.75, 3.05) is 20.8 Å². The number of ether oxygens (including phenoxy) is 2. The molecule has 128 valence electrons. The minimum absolute atomic E-state index is 0.00456. The summed E-state index contributed by atoms with van der Waals surface area (Å²) in [4.78, 5) is 26.4. The predicted octanol–water partition coefficient (Wildman–Crippen LogP) is 2.48. The summed E-state index contributed by atoms with van der Waals surface area (Å²) in [6, 6.07) is 4.72. The zero-order chi connectivity index (χ0) is 17.9. The molecule has 0 radical (unpaired) electrons. The minimum Gasteiger partial charge on any atom is -0.504 e. The van der Waals surface area contributed by atoms with Gasteiger partial charge in [0.15, 0.2) is 11.5 Å². The van der Waals surface area contributed by atoms with E-state index in [2.05, 4.69) is 0 Å². The highest BCUT2D eigenvalue weighted by atomic mass is 16.5. The first kappa shape index (κ1) is 17.6. The first-order chi connectivity index (χ1) is 11.4. The molecule has 0 aliphatic carbocycles. The van der Waals surface area contributed by atoms with E-state index in [0.29, 0.717) is 23.6 Å². The van der Waals surface area contributed by atoms with Crippen molar-refractivity contribution >= 4 is 18.0 Å². The quantitative estimate of drug-likeness (QED) is 0.663. The van der Waals surface area contributed by atoms with Gasteiger partial charge in [-0.2, -0.15) is 0 Å². The summed E-state index contributed by atoms with van der Waals surface area (Å²) in [7, 11) is 2.73. The lowest BCUT2D eigenvalue weighted by Crippen LogP contribution is -2.25. The Bertz CT molecular complexity index is 733. The summed E-state index contributed by atoms with van der Waals surface area (Å²) < 4.78 is 9.91. The number of carbonyl (C=O) groups is 2. The maximum absolute atomic E-state index is 12.7. The molecular weight excluding hydrogens is 310 g/mol. The summed E-state index contributed by atoms with van der Waals surface area (Å²) in [5.41, 5.74) is 1.77. The molecule has 0 bridgehead atoms. The Balaban J connectivity index is 2.53. The SMILES string of the molecule is CCCN1C(=O)/C(=C\c2ccc(O)c(OC)c2)C(C(=O)OC)=C1C. The second-order valence-electron chi connectivity index (χ2n) is 5.40. The highest BCUT2D eigenvalue weighted by Gasteiger charge is 2.36. The van der Waals surface area contributed by atoms with Crippen LogP contribution >= 0.6 is 0 Å². The molecule has 1 aliphatic heterocycles. The van der Waals surface area contributed by atoms with Crippen LogP contribution in [0.25, 0.3) is 6.08 Å². The Morgan fingerprint density at radius 1 is 1.33 bits per heavy atom. The second-order valence-corrected chi connectivity index (χ2v) is 5.40. The van der Waals surface area contributed by atoms with Crippen LogP contribution in [0.4, 0.5) is 0 Å². The first-order valence-corrected chi connectivity index (χ1v) is 7.64. The number of aromatic hydroxyl groups is 1. The van der Waals surface area contributed by atoms with E-state index in [0.717, 1.165) is 6.42 Å². The standard InChI is InChI=1S/C18H21NO5/c1-5-8-19-11(2)16(18(22)24-4)13(17(19)21)9-12-6-7-14(20)15(10-12)23-3/h6-7,9-10,20H,5,8H2,1-4H3/b13-9-. The summed E-state index contributed by atoms with van der Waals surface area (Å²) >= 11 is 0. The number of allylic oxidation sites excluding steroid dienone is 1. The molecule has 0 aromatic heterocycles. The zero-order valence-electron chi connectivity index (χ0n) is 14.3. The third kappa shape index (κ3) is 3.13. The summed E-state index contributed by atoms with van der Waals surface area (Å²) in [6.07, 6.45) is 2.38. The molecule has 6 nitrogen and oxygen atoms in total. The van der Waals surface area contributed by atoms with Gasteiger partial charge in [-0.1, -0.05) is 13.0 Å². The number of phenolic OH excluding ortho intramolecular Hbond substituents is 1. The van der Waals surface area contributed by atoms with Crippen LogP contribution in [0.15, 0.2) is 35.0 Å². The maximum Gasteiger partial charge on any atom is 0.340 e. The van der Waals surface area contributed by atoms with E-state index in [-0.39, 0.29) is 22.8 Å². The normalized spacial score (nSPS) is 16.1. The van der Waals surface area contributed by atoms with Crippen molar-refractivity contribution in [2.24, 2.45) is 0 Å². The van der Waals surface area contributed by atoms with Crippen molar-refractivity contribution in [3.8, 4) is 11.5 Å². The Labute approximate surface area is 141 Å². The number of esters is 1. The van der Waals surface area contributed by atoms with E-state index in [1.165, 1.54) is 20.3 Å². The van der Waals surface area contributed by atoms with Crippen LogP contribution in [0, 0.1) is 0 Å². The van der Waals surface area contributed by atoms with Crippen LogP contribution in [-0.2, 0) is 14.3 Å². The van der Waals surface area contributed by atoms with E-state index in [9.17, 15) is 14.7 Å². The van der Waals surface area contributed by atoms with Crippen molar-refractivity contribution in [1.82, 2.24) is 4.90 Å². The first-order valence-electron chi connectivity index (χ1n) is 7.64. The number of benzene rings is 1. The van der Waals surface area contributed by atoms with Gasteiger partial charge in [0.1, 0.15) is 0 Å². The Kier molecular flexibility index (Phi) is 5.28. The van der Waals surface area contributed by atoms with E-state index >= 15 is 0 Å². The van der Waals surface area contributed by atoms with Gasteiger partial charge in [-0.15, -0.1) is 0 Å². The molecule has 1 aliphatic rings. The number of hydrogen-bond donors (Lipinski definition) is 1. The molecule has 0 saturated heterocycles. The van der Waals surface area contributed by atoms with Crippen LogP contribution in [0.3, 0.4) is 0 Å². The summed E-state index contributed by atoms with van der Waals surface area (Å²) in [6.45, 7) is 4.23. The lowest BCUT2D eigenvalue weighted by atomic mass is 10.0. The third-order valence-corrected chi connectivity index (χ3v) is 3.86. The van der Waals surface area contributed by atoms with E-state index < -0.39 is 5.97 Å². The van der Waals surface area contributed by atoms with Crippen molar-refractivity contribution in [1.29, 1.82) is 0 Å². The van der Waals surface area contributed by atoms with Gasteiger partial charge in [0.05, 0.1) is 25.4 Å². The molecular formula is C18H21NO5. The summed E-state index contributed by atoms with van der Waals surface area (Å²) in [5.74, 6) is -0.483. The van der Waals surface area contributed by atoms with Crippen molar-refractivity contribution in [3.63, 3.8) is 0 Å². The second kappa shape index (κ2) is 7.21. The van der Waals surface area contributed by atoms with Gasteiger partial charge in [-0.05, 0) is 37.1 Å². The van der Waals surface area contributed by atoms with Crippen LogP contribution < -0.4 is 4.74 Å². The van der Waals surface area contributed by atoms with Gasteiger partial charge in [-0.25, -0.2) is 4.79 Å². The lowest BCUT2D eigenvalue weighted by molar-refractivity contribution is -0.136. The number of nitrogens with zero attached hydrogens (tertiary/aromatic N) is 1. The van der Waals surface area contributed by atoms with E-state index in [4.69, 9.17) is 9.47 Å². The van der Waals surface area contributed by atoms with Gasteiger partial charge in [0.25, 0.3) is 5.91 Å². The van der Waals surface area contributed by atoms with E-state index in [1.54, 1.807) is 30.0 Å². The molecule has 0 fully saturated rings. The van der Waals surface area contributed by atoms with Crippen molar-refractivity contribution in [2.45, 2.75) is 20.3 Å². The number of carbonyl (C=O) groups excluding carboxylic acids is 2. The molecule has 6 heteroatoms. The van der Waals surface area contributed by atoms with Crippen LogP contribution in [0.2, 0.25) is 0 Å². The fourth-order valence-corrected chi connectivity index (χ4v) is 2.67. The molecule has 24 heavy (non-hydrogen) atoms. The topological polar surface area (TPSA) is 76.1 Å². The van der Waals surface area contributed by atoms with Gasteiger partial charge in [-0.3, -0.25) is 4.79 Å². The molecule has 1 aromatic rings. The molecule has 2 rings (SSSR count). The Hall–Kier alpha value is -2.76. The lowest BCUT2D eigenvalue weighted by Gasteiger charge is -2.16. The highest BCUT2D eigenvalue weighted by molar-refractivity contribution is 6.16. The monoisotopic (exact) mass is 331 g/mol. The highest BCUT2D eigenvalue weighted by Crippen LogP contribution is 2.33. The average molecular weight is 331 g/mol. The largest absolute Gasteiger partial charge is 0.504 e. The Morgan fingerprint density at radius 2 is 2.04 bits per heavy atom. The van der Waals surface area contributed by atoms with Crippen LogP contribution in [0.5, 0.6) is 11.5 Å². The zero-order valence-corrected chi connectivity index (χ0v) is 14.3. The van der Waals surface area contributed by atoms with Crippen molar-refractivity contribution < 1.29 is 24.2 Å². The molecule has 1 heterocycles. The third-order valence-electron chi connectivity index (χ3n) is 3.86. The number of rotatable bonds is 5. The summed E-state index contributed by atoms with van der Waals surface area (Å²) in [5, 5.41) is 9.68. The van der Waals surface area contributed by atoms with Gasteiger partial charge in [0.2, 0.25) is 0 Å². The molecule has 0 atom stereocenters. The van der Waals surface area contributed by atoms with Crippen molar-refractivity contribution in [3.05, 3.63) is 40.6 Å². The number of phenols is 1. The maximum atomic E-state index is 12.7.